The van der Waals surface area contributed by atoms with Crippen molar-refractivity contribution < 1.29 is 4.74 Å². The quantitative estimate of drug-likeness (QED) is 0.640. The molecule has 20 heavy (non-hydrogen) atoms. The van der Waals surface area contributed by atoms with Gasteiger partial charge in [0.25, 0.3) is 0 Å². The van der Waals surface area contributed by atoms with E-state index in [1.807, 2.05) is 0 Å². The molecule has 3 nitrogen and oxygen atoms in total. The van der Waals surface area contributed by atoms with Crippen LogP contribution in [-0.4, -0.2) is 5.84 Å². The highest BCUT2D eigenvalue weighted by Gasteiger charge is 2.08. The van der Waals surface area contributed by atoms with E-state index in [-0.39, 0.29) is 12.4 Å². The van der Waals surface area contributed by atoms with Gasteiger partial charge in [-0.05, 0) is 18.2 Å². The van der Waals surface area contributed by atoms with E-state index in [0.29, 0.717) is 26.4 Å². The third-order valence-electron chi connectivity index (χ3n) is 2.66. The minimum Gasteiger partial charge on any atom is -0.487 e. The van der Waals surface area contributed by atoms with Crippen LogP contribution in [0.5, 0.6) is 5.75 Å². The maximum Gasteiger partial charge on any atom is 0.139 e. The van der Waals surface area contributed by atoms with E-state index in [2.05, 4.69) is 0 Å². The molecule has 0 heterocycles. The van der Waals surface area contributed by atoms with E-state index in [4.69, 9.17) is 50.7 Å². The Hall–Kier alpha value is -1.42. The number of benzene rings is 2. The Kier molecular flexibility index (Phi) is 4.76. The van der Waals surface area contributed by atoms with E-state index in [9.17, 15) is 0 Å². The Morgan fingerprint density at radius 2 is 1.85 bits per heavy atom. The Bertz CT molecular complexity index is 659. The molecule has 6 heteroatoms. The van der Waals surface area contributed by atoms with Crippen LogP contribution < -0.4 is 10.5 Å². The Labute approximate surface area is 131 Å². The molecule has 2 aromatic carbocycles. The summed E-state index contributed by atoms with van der Waals surface area (Å²) in [6, 6.07) is 10.3. The molecule has 0 unspecified atom stereocenters. The van der Waals surface area contributed by atoms with E-state index < -0.39 is 0 Å². The zero-order valence-electron chi connectivity index (χ0n) is 10.3. The van der Waals surface area contributed by atoms with Crippen molar-refractivity contribution in [2.45, 2.75) is 6.61 Å². The molecule has 0 aliphatic heterocycles. The first-order valence-electron chi connectivity index (χ1n) is 5.68. The molecule has 2 rings (SSSR count). The lowest BCUT2D eigenvalue weighted by molar-refractivity contribution is 0.306. The lowest BCUT2D eigenvalue weighted by Gasteiger charge is -2.10. The van der Waals surface area contributed by atoms with Crippen LogP contribution in [0.1, 0.15) is 11.1 Å². The second-order valence-corrected chi connectivity index (χ2v) is 5.25. The fourth-order valence-electron chi connectivity index (χ4n) is 1.58. The molecular formula is C14H11Cl3N2O. The molecule has 0 aliphatic rings. The van der Waals surface area contributed by atoms with E-state index in [1.165, 1.54) is 0 Å². The summed E-state index contributed by atoms with van der Waals surface area (Å²) in [5.74, 6) is 0.461. The number of hydrogen-bond donors (Lipinski definition) is 2. The Morgan fingerprint density at radius 1 is 1.10 bits per heavy atom. The van der Waals surface area contributed by atoms with Crippen molar-refractivity contribution in [2.75, 3.05) is 0 Å². The predicted octanol–water partition coefficient (Wildman–Crippen LogP) is 4.51. The van der Waals surface area contributed by atoms with Crippen LogP contribution in [0.15, 0.2) is 36.4 Å². The first-order chi connectivity index (χ1) is 9.49. The first kappa shape index (κ1) is 15.0. The third-order valence-corrected chi connectivity index (χ3v) is 3.82. The number of nitrogens with two attached hydrogens (primary N) is 1. The number of rotatable bonds is 4. The normalized spacial score (nSPS) is 10.3. The van der Waals surface area contributed by atoms with Gasteiger partial charge in [-0.25, -0.2) is 0 Å². The van der Waals surface area contributed by atoms with Gasteiger partial charge < -0.3 is 10.5 Å². The third kappa shape index (κ3) is 3.37. The molecule has 0 aromatic heterocycles. The number of nitrogen functional groups attached to an aromatic ring is 1. The molecule has 0 saturated heterocycles. The molecule has 0 spiro atoms. The lowest BCUT2D eigenvalue weighted by atomic mass is 10.1. The summed E-state index contributed by atoms with van der Waals surface area (Å²) in [6.45, 7) is 0.247. The largest absolute Gasteiger partial charge is 0.487 e. The van der Waals surface area contributed by atoms with Crippen LogP contribution in [-0.2, 0) is 6.61 Å². The molecule has 3 N–H and O–H groups in total. The molecular weight excluding hydrogens is 319 g/mol. The van der Waals surface area contributed by atoms with Gasteiger partial charge >= 0.3 is 0 Å². The monoisotopic (exact) mass is 328 g/mol. The van der Waals surface area contributed by atoms with Gasteiger partial charge in [0.05, 0.1) is 5.02 Å². The molecule has 0 saturated carbocycles. The summed E-state index contributed by atoms with van der Waals surface area (Å²) >= 11 is 18.1. The second kappa shape index (κ2) is 6.35. The van der Waals surface area contributed by atoms with E-state index in [0.717, 1.165) is 5.56 Å². The Morgan fingerprint density at radius 3 is 2.50 bits per heavy atom. The molecule has 0 radical (unpaired) electrons. The average molecular weight is 330 g/mol. The van der Waals surface area contributed by atoms with Crippen molar-refractivity contribution in [1.82, 2.24) is 0 Å². The van der Waals surface area contributed by atoms with Gasteiger partial charge in [-0.2, -0.15) is 0 Å². The summed E-state index contributed by atoms with van der Waals surface area (Å²) < 4.78 is 5.60. The van der Waals surface area contributed by atoms with Gasteiger partial charge in [0.2, 0.25) is 0 Å². The van der Waals surface area contributed by atoms with Crippen molar-refractivity contribution >= 4 is 40.6 Å². The molecule has 0 fully saturated rings. The van der Waals surface area contributed by atoms with Crippen molar-refractivity contribution in [1.29, 1.82) is 5.41 Å². The van der Waals surface area contributed by atoms with Crippen LogP contribution in [0.3, 0.4) is 0 Å². The zero-order valence-corrected chi connectivity index (χ0v) is 12.6. The molecule has 0 aliphatic carbocycles. The SMILES string of the molecule is N=C(N)c1ccc(COc2cccc(Cl)c2Cl)c(Cl)c1. The zero-order chi connectivity index (χ0) is 14.7. The Balaban J connectivity index is 2.15. The summed E-state index contributed by atoms with van der Waals surface area (Å²) in [4.78, 5) is 0. The molecule has 104 valence electrons. The number of halogens is 3. The standard InChI is InChI=1S/C14H11Cl3N2O/c15-10-2-1-3-12(13(10)17)20-7-9-5-4-8(14(18)19)6-11(9)16/h1-6H,7H2,(H3,18,19). The number of ether oxygens (including phenoxy) is 1. The van der Waals surface area contributed by atoms with Crippen molar-refractivity contribution in [3.05, 3.63) is 62.6 Å². The summed E-state index contributed by atoms with van der Waals surface area (Å²) in [6.07, 6.45) is 0. The van der Waals surface area contributed by atoms with Crippen molar-refractivity contribution in [2.24, 2.45) is 5.73 Å². The summed E-state index contributed by atoms with van der Waals surface area (Å²) in [5, 5.41) is 8.63. The molecule has 0 bridgehead atoms. The highest BCUT2D eigenvalue weighted by Crippen LogP contribution is 2.32. The van der Waals surface area contributed by atoms with Gasteiger partial charge in [-0.1, -0.05) is 53.0 Å². The average Bonchev–Trinajstić information content (AvgIpc) is 2.41. The summed E-state index contributed by atoms with van der Waals surface area (Å²) in [5.41, 5.74) is 6.74. The highest BCUT2D eigenvalue weighted by atomic mass is 35.5. The number of nitrogens with one attached hydrogen (secondary N) is 1. The van der Waals surface area contributed by atoms with Crippen LogP contribution in [0.4, 0.5) is 0 Å². The smallest absolute Gasteiger partial charge is 0.139 e. The summed E-state index contributed by atoms with van der Waals surface area (Å²) in [7, 11) is 0. The predicted molar refractivity (Wildman–Crippen MR) is 83.3 cm³/mol. The second-order valence-electron chi connectivity index (χ2n) is 4.06. The fraction of sp³-hybridized carbons (Fsp3) is 0.0714. The van der Waals surface area contributed by atoms with Crippen LogP contribution >= 0.6 is 34.8 Å². The van der Waals surface area contributed by atoms with Crippen molar-refractivity contribution in [3.8, 4) is 5.75 Å². The minimum atomic E-state index is -0.0303. The minimum absolute atomic E-state index is 0.0303. The number of hydrogen-bond acceptors (Lipinski definition) is 2. The van der Waals surface area contributed by atoms with Crippen LogP contribution in [0.2, 0.25) is 15.1 Å². The van der Waals surface area contributed by atoms with Gasteiger partial charge in [0.1, 0.15) is 23.2 Å². The highest BCUT2D eigenvalue weighted by molar-refractivity contribution is 6.42. The maximum absolute atomic E-state index is 7.35. The van der Waals surface area contributed by atoms with Crippen molar-refractivity contribution in [3.63, 3.8) is 0 Å². The van der Waals surface area contributed by atoms with Gasteiger partial charge in [0, 0.05) is 16.1 Å². The molecule has 0 amide bonds. The fourth-order valence-corrected chi connectivity index (χ4v) is 2.16. The van der Waals surface area contributed by atoms with Crippen LogP contribution in [0.25, 0.3) is 0 Å². The van der Waals surface area contributed by atoms with E-state index in [1.54, 1.807) is 36.4 Å². The van der Waals surface area contributed by atoms with Gasteiger partial charge in [-0.15, -0.1) is 0 Å². The molecule has 2 aromatic rings. The lowest BCUT2D eigenvalue weighted by Crippen LogP contribution is -2.11. The topological polar surface area (TPSA) is 59.1 Å². The van der Waals surface area contributed by atoms with Crippen LogP contribution in [0, 0.1) is 5.41 Å². The van der Waals surface area contributed by atoms with Gasteiger partial charge in [0.15, 0.2) is 0 Å². The van der Waals surface area contributed by atoms with E-state index >= 15 is 0 Å². The van der Waals surface area contributed by atoms with Gasteiger partial charge in [-0.3, -0.25) is 5.41 Å². The maximum atomic E-state index is 7.35. The number of amidine groups is 1. The molecule has 0 atom stereocenters. The first-order valence-corrected chi connectivity index (χ1v) is 6.82.